The van der Waals surface area contributed by atoms with Crippen molar-refractivity contribution in [3.8, 4) is 0 Å². The Morgan fingerprint density at radius 2 is 1.53 bits per heavy atom. The number of hydrogen-bond acceptors (Lipinski definition) is 5. The lowest BCUT2D eigenvalue weighted by atomic mass is 10.3. The molecule has 1 unspecified atom stereocenters. The maximum Gasteiger partial charge on any atom is 0.527 e. The van der Waals surface area contributed by atoms with Crippen LogP contribution in [0.2, 0.25) is 0 Å². The summed E-state index contributed by atoms with van der Waals surface area (Å²) < 4.78 is 26.3. The summed E-state index contributed by atoms with van der Waals surface area (Å²) >= 11 is 0. The SMILES string of the molecule is CCC(COC[Si](OC)(OC)OC)OC. The van der Waals surface area contributed by atoms with Gasteiger partial charge in [0.15, 0.2) is 0 Å². The molecule has 0 amide bonds. The molecule has 0 aromatic carbocycles. The molecule has 0 aliphatic carbocycles. The van der Waals surface area contributed by atoms with E-state index in [0.29, 0.717) is 12.8 Å². The van der Waals surface area contributed by atoms with Gasteiger partial charge in [-0.05, 0) is 6.42 Å². The first-order chi connectivity index (χ1) is 7.17. The predicted octanol–water partition coefficient (Wildman–Crippen LogP) is 0.845. The molecule has 0 aromatic heterocycles. The molecule has 0 fully saturated rings. The van der Waals surface area contributed by atoms with Gasteiger partial charge in [0.05, 0.1) is 12.7 Å². The summed E-state index contributed by atoms with van der Waals surface area (Å²) in [6, 6.07) is 0. The highest BCUT2D eigenvalue weighted by Gasteiger charge is 2.38. The van der Waals surface area contributed by atoms with Crippen LogP contribution in [0.3, 0.4) is 0 Å². The zero-order chi connectivity index (χ0) is 11.7. The van der Waals surface area contributed by atoms with Crippen LogP contribution < -0.4 is 0 Å². The largest absolute Gasteiger partial charge is 0.527 e. The second kappa shape index (κ2) is 8.20. The van der Waals surface area contributed by atoms with E-state index in [9.17, 15) is 0 Å². The Hall–Kier alpha value is 0.0169. The van der Waals surface area contributed by atoms with E-state index in [1.807, 2.05) is 6.92 Å². The standard InChI is InChI=1S/C9H22O5Si/c1-6-9(10-2)7-14-8-15(11-3,12-4)13-5/h9H,6-8H2,1-5H3. The van der Waals surface area contributed by atoms with E-state index >= 15 is 0 Å². The lowest BCUT2D eigenvalue weighted by Gasteiger charge is -2.24. The third kappa shape index (κ3) is 5.05. The summed E-state index contributed by atoms with van der Waals surface area (Å²) in [5.41, 5.74) is 0. The minimum atomic E-state index is -2.59. The van der Waals surface area contributed by atoms with Gasteiger partial charge in [-0.25, -0.2) is 0 Å². The molecular weight excluding hydrogens is 216 g/mol. The number of ether oxygens (including phenoxy) is 2. The molecule has 92 valence electrons. The second-order valence-corrected chi connectivity index (χ2v) is 5.96. The lowest BCUT2D eigenvalue weighted by molar-refractivity contribution is -0.00129. The molecule has 0 heterocycles. The highest BCUT2D eigenvalue weighted by Crippen LogP contribution is 2.07. The molecule has 0 aliphatic heterocycles. The minimum Gasteiger partial charge on any atom is -0.379 e. The van der Waals surface area contributed by atoms with Gasteiger partial charge in [-0.15, -0.1) is 0 Å². The molecule has 0 aromatic rings. The fourth-order valence-electron chi connectivity index (χ4n) is 1.09. The lowest BCUT2D eigenvalue weighted by Crippen LogP contribution is -2.48. The second-order valence-electron chi connectivity index (χ2n) is 3.08. The summed E-state index contributed by atoms with van der Waals surface area (Å²) in [4.78, 5) is 0. The fourth-order valence-corrected chi connectivity index (χ4v) is 2.32. The van der Waals surface area contributed by atoms with Gasteiger partial charge in [-0.1, -0.05) is 6.92 Å². The van der Waals surface area contributed by atoms with Crippen LogP contribution in [0.4, 0.5) is 0 Å². The van der Waals surface area contributed by atoms with E-state index in [1.165, 1.54) is 0 Å². The van der Waals surface area contributed by atoms with Crippen LogP contribution in [0, 0.1) is 0 Å². The molecule has 0 bridgehead atoms. The molecule has 0 aliphatic rings. The Balaban J connectivity index is 3.89. The van der Waals surface area contributed by atoms with Gasteiger partial charge in [-0.2, -0.15) is 0 Å². The third-order valence-corrected chi connectivity index (χ3v) is 4.73. The van der Waals surface area contributed by atoms with Crippen LogP contribution in [0.5, 0.6) is 0 Å². The van der Waals surface area contributed by atoms with Crippen LogP contribution in [-0.4, -0.2) is 56.2 Å². The van der Waals surface area contributed by atoms with E-state index in [0.717, 1.165) is 6.42 Å². The highest BCUT2D eigenvalue weighted by atomic mass is 28.4. The molecule has 0 saturated heterocycles. The first-order valence-corrected chi connectivity index (χ1v) is 6.87. The molecule has 0 radical (unpaired) electrons. The summed E-state index contributed by atoms with van der Waals surface area (Å²) in [5, 5.41) is 0. The molecule has 5 nitrogen and oxygen atoms in total. The average molecular weight is 238 g/mol. The smallest absolute Gasteiger partial charge is 0.379 e. The Kier molecular flexibility index (Phi) is 8.21. The third-order valence-electron chi connectivity index (χ3n) is 2.30. The number of methoxy groups -OCH3 is 1. The molecule has 0 N–H and O–H groups in total. The summed E-state index contributed by atoms with van der Waals surface area (Å²) in [6.07, 6.45) is 1.37. The van der Waals surface area contributed by atoms with Gasteiger partial charge >= 0.3 is 8.80 Å². The molecule has 0 spiro atoms. The Morgan fingerprint density at radius 3 is 1.87 bits per heavy atom. The van der Waals surface area contributed by atoms with E-state index in [1.54, 1.807) is 28.4 Å². The van der Waals surface area contributed by atoms with Gasteiger partial charge in [0, 0.05) is 28.4 Å². The van der Waals surface area contributed by atoms with Crippen molar-refractivity contribution in [2.24, 2.45) is 0 Å². The van der Waals surface area contributed by atoms with Gasteiger partial charge in [0.2, 0.25) is 0 Å². The number of rotatable bonds is 9. The van der Waals surface area contributed by atoms with Gasteiger partial charge in [-0.3, -0.25) is 0 Å². The predicted molar refractivity (Wildman–Crippen MR) is 58.7 cm³/mol. The molecule has 0 rings (SSSR count). The monoisotopic (exact) mass is 238 g/mol. The molecule has 6 heteroatoms. The quantitative estimate of drug-likeness (QED) is 0.557. The van der Waals surface area contributed by atoms with Gasteiger partial charge in [0.25, 0.3) is 0 Å². The van der Waals surface area contributed by atoms with Crippen molar-refractivity contribution >= 4 is 8.80 Å². The normalized spacial score (nSPS) is 14.2. The molecule has 1 atom stereocenters. The maximum absolute atomic E-state index is 5.48. The maximum atomic E-state index is 5.48. The zero-order valence-corrected chi connectivity index (χ0v) is 11.2. The van der Waals surface area contributed by atoms with E-state index in [-0.39, 0.29) is 6.10 Å². The minimum absolute atomic E-state index is 0.113. The van der Waals surface area contributed by atoms with Crippen LogP contribution in [-0.2, 0) is 22.8 Å². The summed E-state index contributed by atoms with van der Waals surface area (Å²) in [6.45, 7) is 2.57. The average Bonchev–Trinajstić information content (AvgIpc) is 2.31. The Bertz CT molecular complexity index is 139. The first-order valence-electron chi connectivity index (χ1n) is 4.94. The molecule has 0 saturated carbocycles. The molecule has 15 heavy (non-hydrogen) atoms. The van der Waals surface area contributed by atoms with Gasteiger partial charge in [0.1, 0.15) is 6.23 Å². The van der Waals surface area contributed by atoms with Crippen LogP contribution in [0.1, 0.15) is 13.3 Å². The van der Waals surface area contributed by atoms with Crippen LogP contribution in [0.15, 0.2) is 0 Å². The van der Waals surface area contributed by atoms with Crippen LogP contribution >= 0.6 is 0 Å². The molecular formula is C9H22O5Si. The van der Waals surface area contributed by atoms with Crippen molar-refractivity contribution in [2.75, 3.05) is 41.3 Å². The number of hydrogen-bond donors (Lipinski definition) is 0. The first kappa shape index (κ1) is 15.0. The van der Waals surface area contributed by atoms with Crippen molar-refractivity contribution < 1.29 is 22.8 Å². The Labute approximate surface area is 93.0 Å². The van der Waals surface area contributed by atoms with E-state index in [2.05, 4.69) is 0 Å². The Morgan fingerprint density at radius 1 is 1.00 bits per heavy atom. The van der Waals surface area contributed by atoms with Crippen molar-refractivity contribution in [3.05, 3.63) is 0 Å². The van der Waals surface area contributed by atoms with Crippen molar-refractivity contribution in [1.82, 2.24) is 0 Å². The van der Waals surface area contributed by atoms with Crippen molar-refractivity contribution in [3.63, 3.8) is 0 Å². The zero-order valence-electron chi connectivity index (χ0n) is 10.2. The van der Waals surface area contributed by atoms with E-state index < -0.39 is 8.80 Å². The highest BCUT2D eigenvalue weighted by molar-refractivity contribution is 6.60. The van der Waals surface area contributed by atoms with Crippen LogP contribution in [0.25, 0.3) is 0 Å². The topological polar surface area (TPSA) is 46.2 Å². The fraction of sp³-hybridized carbons (Fsp3) is 1.00. The summed E-state index contributed by atoms with van der Waals surface area (Å²) in [7, 11) is 3.78. The van der Waals surface area contributed by atoms with Gasteiger partial charge < -0.3 is 22.8 Å². The van der Waals surface area contributed by atoms with E-state index in [4.69, 9.17) is 22.8 Å². The van der Waals surface area contributed by atoms with Crippen molar-refractivity contribution in [1.29, 1.82) is 0 Å². The van der Waals surface area contributed by atoms with Crippen molar-refractivity contribution in [2.45, 2.75) is 19.4 Å². The summed E-state index contributed by atoms with van der Waals surface area (Å²) in [5.74, 6) is 0.